The quantitative estimate of drug-likeness (QED) is 0.227. The monoisotopic (exact) mass is 703 g/mol. The number of thiazole rings is 1. The molecule has 2 N–H and O–H groups in total. The maximum absolute atomic E-state index is 14.0. The van der Waals surface area contributed by atoms with Crippen LogP contribution in [0, 0.1) is 12.8 Å². The Morgan fingerprint density at radius 1 is 1.05 bits per heavy atom. The second-order valence-electron chi connectivity index (χ2n) is 10.2. The maximum Gasteiger partial charge on any atom is 0.416 e. The number of nitrogens with one attached hydrogen (secondary N) is 2. The van der Waals surface area contributed by atoms with Crippen molar-refractivity contribution < 1.29 is 32.3 Å². The maximum atomic E-state index is 14.0. The number of hydrogen-bond acceptors (Lipinski definition) is 7. The van der Waals surface area contributed by atoms with E-state index in [4.69, 9.17) is 4.74 Å². The highest BCUT2D eigenvalue weighted by atomic mass is 79.9. The van der Waals surface area contributed by atoms with Gasteiger partial charge >= 0.3 is 11.0 Å². The van der Waals surface area contributed by atoms with Crippen LogP contribution >= 0.6 is 39.0 Å². The molecule has 0 aliphatic carbocycles. The Bertz CT molecular complexity index is 1860. The lowest BCUT2D eigenvalue weighted by Crippen LogP contribution is -2.32. The number of nitrogens with zero attached hydrogens (tertiary/aromatic N) is 1. The van der Waals surface area contributed by atoms with Crippen LogP contribution in [0.2, 0.25) is 0 Å². The van der Waals surface area contributed by atoms with E-state index in [9.17, 15) is 32.3 Å². The van der Waals surface area contributed by atoms with Crippen molar-refractivity contribution in [1.29, 1.82) is 0 Å². The molecule has 14 heteroatoms. The minimum atomic E-state index is -4.57. The molecule has 0 radical (unpaired) electrons. The molecule has 44 heavy (non-hydrogen) atoms. The molecule has 2 aliphatic heterocycles. The van der Waals surface area contributed by atoms with Crippen molar-refractivity contribution in [3.8, 4) is 5.75 Å². The van der Waals surface area contributed by atoms with E-state index >= 15 is 0 Å². The molecule has 3 heterocycles. The van der Waals surface area contributed by atoms with Crippen LogP contribution in [0.15, 0.2) is 81.0 Å². The fourth-order valence-corrected chi connectivity index (χ4v) is 8.19. The molecule has 3 atom stereocenters. The average Bonchev–Trinajstić information content (AvgIpc) is 3.46. The van der Waals surface area contributed by atoms with Crippen molar-refractivity contribution >= 4 is 68.1 Å². The number of anilines is 2. The van der Waals surface area contributed by atoms with Gasteiger partial charge in [-0.05, 0) is 55.5 Å². The minimum Gasteiger partial charge on any atom is -0.483 e. The molecule has 0 spiro atoms. The molecule has 3 aromatic carbocycles. The Hall–Kier alpha value is -3.88. The molecule has 4 aromatic rings. The van der Waals surface area contributed by atoms with E-state index in [-0.39, 0.29) is 16.3 Å². The molecule has 226 valence electrons. The van der Waals surface area contributed by atoms with Crippen molar-refractivity contribution in [2.75, 3.05) is 16.8 Å². The summed E-state index contributed by atoms with van der Waals surface area (Å²) in [5, 5.41) is 2.05. The van der Waals surface area contributed by atoms with Crippen LogP contribution in [0.25, 0.3) is 0 Å². The summed E-state index contributed by atoms with van der Waals surface area (Å²) in [6.07, 6.45) is -4.57. The molecule has 2 unspecified atom stereocenters. The SMILES string of the molecule is Cc1ccc(N2C(=O)C3Sc4[nH]c(=O)sc4[C@H](c4cc(Br)ccc4OCC(=O)Nc4cccc(C(F)(F)F)c4)C3C2=O)cc1. The summed E-state index contributed by atoms with van der Waals surface area (Å²) in [6, 6.07) is 16.2. The van der Waals surface area contributed by atoms with Crippen LogP contribution in [0.3, 0.4) is 0 Å². The van der Waals surface area contributed by atoms with Crippen LogP contribution in [-0.4, -0.2) is 34.6 Å². The Balaban J connectivity index is 1.33. The van der Waals surface area contributed by atoms with Gasteiger partial charge < -0.3 is 15.0 Å². The third-order valence-corrected chi connectivity index (χ3v) is 10.1. The number of carbonyl (C=O) groups excluding carboxylic acids is 3. The summed E-state index contributed by atoms with van der Waals surface area (Å²) < 4.78 is 45.8. The van der Waals surface area contributed by atoms with E-state index < -0.39 is 53.2 Å². The predicted octanol–water partition coefficient (Wildman–Crippen LogP) is 6.34. The first-order valence-corrected chi connectivity index (χ1v) is 15.6. The van der Waals surface area contributed by atoms with Crippen molar-refractivity contribution in [3.05, 3.63) is 102 Å². The standard InChI is InChI=1S/C30H21BrF3N3O5S2/c1-14-5-8-18(9-6-14)37-27(39)23-22(24-26(36-29(41)44-24)43-25(23)28(37)40)19-12-16(31)7-10-20(19)42-13-21(38)35-17-4-2-3-15(11-17)30(32,33)34/h2-12,22-23,25H,13H2,1H3,(H,35,38)(H,36,41)/t22-,23?,25?/m1/s1. The van der Waals surface area contributed by atoms with E-state index in [1.165, 1.54) is 17.0 Å². The van der Waals surface area contributed by atoms with Gasteiger partial charge in [-0.15, -0.1) is 0 Å². The third-order valence-electron chi connectivity index (χ3n) is 7.26. The second-order valence-corrected chi connectivity index (χ2v) is 13.3. The number of aryl methyl sites for hydroxylation is 1. The van der Waals surface area contributed by atoms with Gasteiger partial charge in [-0.2, -0.15) is 13.2 Å². The molecule has 1 aromatic heterocycles. The molecule has 1 saturated heterocycles. The van der Waals surface area contributed by atoms with Crippen LogP contribution < -0.4 is 19.8 Å². The van der Waals surface area contributed by atoms with Crippen molar-refractivity contribution in [2.24, 2.45) is 5.92 Å². The van der Waals surface area contributed by atoms with E-state index in [1.807, 2.05) is 19.1 Å². The zero-order valence-corrected chi connectivity index (χ0v) is 25.8. The highest BCUT2D eigenvalue weighted by molar-refractivity contribution is 9.10. The van der Waals surface area contributed by atoms with Crippen LogP contribution in [0.1, 0.15) is 27.5 Å². The number of amides is 3. The summed E-state index contributed by atoms with van der Waals surface area (Å²) in [5.41, 5.74) is 0.904. The largest absolute Gasteiger partial charge is 0.483 e. The number of fused-ring (bicyclic) bond motifs is 2. The van der Waals surface area contributed by atoms with Gasteiger partial charge in [0.25, 0.3) is 5.91 Å². The Morgan fingerprint density at radius 2 is 1.80 bits per heavy atom. The number of rotatable bonds is 6. The first-order chi connectivity index (χ1) is 20.9. The molecule has 0 bridgehead atoms. The van der Waals surface area contributed by atoms with Crippen molar-refractivity contribution in [2.45, 2.75) is 29.3 Å². The van der Waals surface area contributed by atoms with Crippen LogP contribution in [-0.2, 0) is 20.6 Å². The molecular formula is C30H21BrF3N3O5S2. The number of carbonyl (C=O) groups is 3. The normalized spacial score (nSPS) is 19.5. The molecule has 2 aliphatic rings. The van der Waals surface area contributed by atoms with Crippen molar-refractivity contribution in [1.82, 2.24) is 4.98 Å². The topological polar surface area (TPSA) is 109 Å². The zero-order chi connectivity index (χ0) is 31.3. The highest BCUT2D eigenvalue weighted by Crippen LogP contribution is 2.54. The van der Waals surface area contributed by atoms with Gasteiger partial charge in [0.1, 0.15) is 11.0 Å². The fraction of sp³-hybridized carbons (Fsp3) is 0.200. The van der Waals surface area contributed by atoms with E-state index in [0.717, 1.165) is 40.8 Å². The Morgan fingerprint density at radius 3 is 2.52 bits per heavy atom. The number of H-pyrrole nitrogens is 1. The average molecular weight is 705 g/mol. The number of halogens is 4. The van der Waals surface area contributed by atoms with Gasteiger partial charge in [-0.1, -0.05) is 62.8 Å². The number of thioether (sulfide) groups is 1. The summed E-state index contributed by atoms with van der Waals surface area (Å²) in [7, 11) is 0. The van der Waals surface area contributed by atoms with E-state index in [2.05, 4.69) is 26.2 Å². The van der Waals surface area contributed by atoms with Crippen LogP contribution in [0.4, 0.5) is 24.5 Å². The highest BCUT2D eigenvalue weighted by Gasteiger charge is 2.56. The fourth-order valence-electron chi connectivity index (χ4n) is 5.31. The minimum absolute atomic E-state index is 0.0513. The lowest BCUT2D eigenvalue weighted by molar-refractivity contribution is -0.137. The summed E-state index contributed by atoms with van der Waals surface area (Å²) >= 11 is 5.52. The second kappa shape index (κ2) is 11.6. The molecule has 1 fully saturated rings. The summed E-state index contributed by atoms with van der Waals surface area (Å²) in [6.45, 7) is 1.34. The number of benzene rings is 3. The van der Waals surface area contributed by atoms with Crippen molar-refractivity contribution in [3.63, 3.8) is 0 Å². The predicted molar refractivity (Wildman–Crippen MR) is 163 cm³/mol. The number of alkyl halides is 3. The lowest BCUT2D eigenvalue weighted by atomic mass is 9.82. The molecule has 3 amide bonds. The van der Waals surface area contributed by atoms with Gasteiger partial charge in [0.2, 0.25) is 11.8 Å². The number of ether oxygens (including phenoxy) is 1. The molecule has 8 nitrogen and oxygen atoms in total. The molecule has 0 saturated carbocycles. The Kier molecular flexibility index (Phi) is 7.92. The summed E-state index contributed by atoms with van der Waals surface area (Å²) in [5.74, 6) is -2.99. The lowest BCUT2D eigenvalue weighted by Gasteiger charge is -2.31. The number of hydrogen-bond donors (Lipinski definition) is 2. The number of aromatic nitrogens is 1. The van der Waals surface area contributed by atoms with E-state index in [0.29, 0.717) is 25.6 Å². The first kappa shape index (κ1) is 30.2. The van der Waals surface area contributed by atoms with Gasteiger partial charge in [-0.25, -0.2) is 4.90 Å². The van der Waals surface area contributed by atoms with E-state index in [1.54, 1.807) is 30.3 Å². The smallest absolute Gasteiger partial charge is 0.416 e. The first-order valence-electron chi connectivity index (χ1n) is 13.1. The molecule has 6 rings (SSSR count). The third kappa shape index (κ3) is 5.69. The zero-order valence-electron chi connectivity index (χ0n) is 22.6. The van der Waals surface area contributed by atoms with Gasteiger partial charge in [0.15, 0.2) is 6.61 Å². The Labute approximate surface area is 264 Å². The number of imide groups is 1. The van der Waals surface area contributed by atoms with Crippen LogP contribution in [0.5, 0.6) is 5.75 Å². The number of aromatic amines is 1. The molecular weight excluding hydrogens is 683 g/mol. The van der Waals surface area contributed by atoms with Gasteiger partial charge in [0, 0.05) is 26.5 Å². The van der Waals surface area contributed by atoms with Gasteiger partial charge in [-0.3, -0.25) is 19.2 Å². The summed E-state index contributed by atoms with van der Waals surface area (Å²) in [4.78, 5) is 57.1. The van der Waals surface area contributed by atoms with Gasteiger partial charge in [0.05, 0.1) is 22.2 Å².